The van der Waals surface area contributed by atoms with Gasteiger partial charge in [0.2, 0.25) is 5.91 Å². The number of nitrogens with one attached hydrogen (secondary N) is 1. The van der Waals surface area contributed by atoms with Gasteiger partial charge in [-0.3, -0.25) is 4.79 Å². The van der Waals surface area contributed by atoms with Crippen molar-refractivity contribution in [3.8, 4) is 0 Å². The van der Waals surface area contributed by atoms with Crippen molar-refractivity contribution in [2.75, 3.05) is 13.2 Å². The highest BCUT2D eigenvalue weighted by molar-refractivity contribution is 5.77. The first-order chi connectivity index (χ1) is 9.49. The van der Waals surface area contributed by atoms with Crippen molar-refractivity contribution in [2.45, 2.75) is 77.2 Å². The molecule has 0 bridgehead atoms. The minimum atomic E-state index is -0.791. The molecule has 0 aliphatic heterocycles. The maximum Gasteiger partial charge on any atom is 0.222 e. The molecule has 3 N–H and O–H groups in total. The highest BCUT2D eigenvalue weighted by Crippen LogP contribution is 2.32. The van der Waals surface area contributed by atoms with Crippen LogP contribution in [0.5, 0.6) is 0 Å². The lowest BCUT2D eigenvalue weighted by Crippen LogP contribution is -2.42. The summed E-state index contributed by atoms with van der Waals surface area (Å²) >= 11 is 0. The Balaban J connectivity index is 2.45. The molecule has 1 saturated carbocycles. The summed E-state index contributed by atoms with van der Waals surface area (Å²) in [6, 6.07) is 0. The lowest BCUT2D eigenvalue weighted by Gasteiger charge is -2.34. The third kappa shape index (κ3) is 5.06. The SMILES string of the molecule is CCC(CC)(CCO)CNC(=O)CC1(O)CCCCC1. The van der Waals surface area contributed by atoms with E-state index in [2.05, 4.69) is 19.2 Å². The van der Waals surface area contributed by atoms with Crippen LogP contribution in [0.25, 0.3) is 0 Å². The molecule has 4 heteroatoms. The van der Waals surface area contributed by atoms with Crippen molar-refractivity contribution in [2.24, 2.45) is 5.41 Å². The lowest BCUT2D eigenvalue weighted by atomic mass is 9.79. The van der Waals surface area contributed by atoms with E-state index in [4.69, 9.17) is 0 Å². The lowest BCUT2D eigenvalue weighted by molar-refractivity contribution is -0.128. The van der Waals surface area contributed by atoms with E-state index in [1.54, 1.807) is 0 Å². The summed E-state index contributed by atoms with van der Waals surface area (Å²) < 4.78 is 0. The molecule has 0 radical (unpaired) electrons. The monoisotopic (exact) mass is 285 g/mol. The number of carbonyl (C=O) groups excluding carboxylic acids is 1. The molecule has 20 heavy (non-hydrogen) atoms. The van der Waals surface area contributed by atoms with Gasteiger partial charge in [-0.25, -0.2) is 0 Å². The summed E-state index contributed by atoms with van der Waals surface area (Å²) in [5.41, 5.74) is -0.806. The van der Waals surface area contributed by atoms with Gasteiger partial charge in [-0.05, 0) is 37.5 Å². The Kier molecular flexibility index (Phi) is 6.96. The van der Waals surface area contributed by atoms with Crippen LogP contribution in [0.4, 0.5) is 0 Å². The van der Waals surface area contributed by atoms with E-state index in [1.165, 1.54) is 0 Å². The first kappa shape index (κ1) is 17.4. The van der Waals surface area contributed by atoms with Crippen LogP contribution >= 0.6 is 0 Å². The zero-order valence-electron chi connectivity index (χ0n) is 13.1. The third-order valence-electron chi connectivity index (χ3n) is 5.08. The van der Waals surface area contributed by atoms with E-state index in [0.29, 0.717) is 13.0 Å². The topological polar surface area (TPSA) is 69.6 Å². The van der Waals surface area contributed by atoms with Crippen molar-refractivity contribution in [3.63, 3.8) is 0 Å². The Hall–Kier alpha value is -0.610. The molecule has 1 fully saturated rings. The van der Waals surface area contributed by atoms with Gasteiger partial charge in [-0.2, -0.15) is 0 Å². The summed E-state index contributed by atoms with van der Waals surface area (Å²) in [6.45, 7) is 4.94. The highest BCUT2D eigenvalue weighted by Gasteiger charge is 2.32. The number of aliphatic hydroxyl groups excluding tert-OH is 1. The molecule has 0 aromatic heterocycles. The zero-order chi connectivity index (χ0) is 15.1. The van der Waals surface area contributed by atoms with Crippen LogP contribution in [0.15, 0.2) is 0 Å². The van der Waals surface area contributed by atoms with Gasteiger partial charge in [0.25, 0.3) is 0 Å². The van der Waals surface area contributed by atoms with E-state index in [1.807, 2.05) is 0 Å². The minimum Gasteiger partial charge on any atom is -0.396 e. The summed E-state index contributed by atoms with van der Waals surface area (Å²) in [4.78, 5) is 12.1. The minimum absolute atomic E-state index is 0.0143. The summed E-state index contributed by atoms with van der Waals surface area (Å²) in [5, 5.41) is 22.5. The fourth-order valence-corrected chi connectivity index (χ4v) is 3.21. The third-order valence-corrected chi connectivity index (χ3v) is 5.08. The zero-order valence-corrected chi connectivity index (χ0v) is 13.1. The number of carbonyl (C=O) groups is 1. The molecule has 118 valence electrons. The molecule has 0 saturated heterocycles. The predicted octanol–water partition coefficient (Wildman–Crippen LogP) is 2.38. The van der Waals surface area contributed by atoms with Crippen LogP contribution in [0.2, 0.25) is 0 Å². The predicted molar refractivity (Wildman–Crippen MR) is 80.4 cm³/mol. The normalized spacial score (nSPS) is 18.8. The molecule has 0 aromatic carbocycles. The molecule has 0 spiro atoms. The van der Waals surface area contributed by atoms with E-state index in [-0.39, 0.29) is 24.3 Å². The first-order valence-electron chi connectivity index (χ1n) is 8.09. The Bertz CT molecular complexity index is 294. The molecule has 0 heterocycles. The first-order valence-corrected chi connectivity index (χ1v) is 8.09. The molecular weight excluding hydrogens is 254 g/mol. The largest absolute Gasteiger partial charge is 0.396 e. The van der Waals surface area contributed by atoms with Crippen molar-refractivity contribution in [1.29, 1.82) is 0 Å². The van der Waals surface area contributed by atoms with Gasteiger partial charge >= 0.3 is 0 Å². The molecule has 1 aliphatic carbocycles. The fourth-order valence-electron chi connectivity index (χ4n) is 3.21. The van der Waals surface area contributed by atoms with Crippen LogP contribution in [0.3, 0.4) is 0 Å². The van der Waals surface area contributed by atoms with E-state index in [9.17, 15) is 15.0 Å². The van der Waals surface area contributed by atoms with Crippen molar-refractivity contribution in [3.05, 3.63) is 0 Å². The van der Waals surface area contributed by atoms with E-state index >= 15 is 0 Å². The molecule has 4 nitrogen and oxygen atoms in total. The smallest absolute Gasteiger partial charge is 0.222 e. The van der Waals surface area contributed by atoms with Gasteiger partial charge in [-0.15, -0.1) is 0 Å². The van der Waals surface area contributed by atoms with Gasteiger partial charge in [0.1, 0.15) is 0 Å². The van der Waals surface area contributed by atoms with Crippen LogP contribution in [-0.4, -0.2) is 34.9 Å². The maximum atomic E-state index is 12.1. The summed E-state index contributed by atoms with van der Waals surface area (Å²) in [5.74, 6) is -0.0568. The van der Waals surface area contributed by atoms with Gasteiger partial charge in [0.05, 0.1) is 12.0 Å². The quantitative estimate of drug-likeness (QED) is 0.641. The number of amides is 1. The molecule has 1 rings (SSSR count). The number of hydrogen-bond donors (Lipinski definition) is 3. The van der Waals surface area contributed by atoms with Gasteiger partial charge < -0.3 is 15.5 Å². The van der Waals surface area contributed by atoms with Gasteiger partial charge in [0.15, 0.2) is 0 Å². The molecule has 0 aromatic rings. The fraction of sp³-hybridized carbons (Fsp3) is 0.938. The summed E-state index contributed by atoms with van der Waals surface area (Å²) in [6.07, 6.45) is 7.48. The molecule has 0 unspecified atom stereocenters. The number of aliphatic hydroxyl groups is 2. The standard InChI is InChI=1S/C16H31NO3/c1-3-15(4-2,10-11-18)13-17-14(19)12-16(20)8-6-5-7-9-16/h18,20H,3-13H2,1-2H3,(H,17,19). The van der Waals surface area contributed by atoms with Crippen LogP contribution in [0, 0.1) is 5.41 Å². The van der Waals surface area contributed by atoms with Crippen molar-refractivity contribution in [1.82, 2.24) is 5.32 Å². The van der Waals surface area contributed by atoms with Crippen molar-refractivity contribution < 1.29 is 15.0 Å². The van der Waals surface area contributed by atoms with Gasteiger partial charge in [0, 0.05) is 13.2 Å². The van der Waals surface area contributed by atoms with Crippen LogP contribution in [-0.2, 0) is 4.79 Å². The molecule has 0 atom stereocenters. The summed E-state index contributed by atoms with van der Waals surface area (Å²) in [7, 11) is 0. The van der Waals surface area contributed by atoms with Gasteiger partial charge in [-0.1, -0.05) is 33.1 Å². The second-order valence-corrected chi connectivity index (χ2v) is 6.42. The second kappa shape index (κ2) is 7.99. The second-order valence-electron chi connectivity index (χ2n) is 6.42. The Labute approximate surface area is 123 Å². The highest BCUT2D eigenvalue weighted by atomic mass is 16.3. The Morgan fingerprint density at radius 1 is 1.20 bits per heavy atom. The van der Waals surface area contributed by atoms with Crippen molar-refractivity contribution >= 4 is 5.91 Å². The average molecular weight is 285 g/mol. The maximum absolute atomic E-state index is 12.1. The average Bonchev–Trinajstić information content (AvgIpc) is 2.44. The van der Waals surface area contributed by atoms with E-state index in [0.717, 1.165) is 44.9 Å². The Morgan fingerprint density at radius 3 is 2.30 bits per heavy atom. The van der Waals surface area contributed by atoms with Crippen LogP contribution < -0.4 is 5.32 Å². The van der Waals surface area contributed by atoms with Crippen LogP contribution in [0.1, 0.15) is 71.6 Å². The number of rotatable bonds is 8. The molecule has 1 aliphatic rings. The molecular formula is C16H31NO3. The molecule has 1 amide bonds. The Morgan fingerprint density at radius 2 is 1.80 bits per heavy atom. The number of hydrogen-bond acceptors (Lipinski definition) is 3. The van der Waals surface area contributed by atoms with E-state index < -0.39 is 5.60 Å².